The molecule has 1 heterocycles. The number of halogens is 5. The first kappa shape index (κ1) is 35.3. The highest BCUT2D eigenvalue weighted by Gasteiger charge is 2.53. The first-order valence-electron chi connectivity index (χ1n) is 14.2. The molecule has 2 aromatic rings. The van der Waals surface area contributed by atoms with Crippen LogP contribution in [0.1, 0.15) is 45.1 Å². The Morgan fingerprint density at radius 2 is 1.69 bits per heavy atom. The number of aliphatic carboxylic acids is 1. The van der Waals surface area contributed by atoms with Crippen LogP contribution in [0.5, 0.6) is 11.5 Å². The van der Waals surface area contributed by atoms with Crippen molar-refractivity contribution in [2.75, 3.05) is 32.6 Å². The summed E-state index contributed by atoms with van der Waals surface area (Å²) < 4.78 is 69.5. The lowest BCUT2D eigenvalue weighted by Crippen LogP contribution is -2.55. The Bertz CT molecular complexity index is 1370. The highest BCUT2D eigenvalue weighted by atomic mass is 19.4. The quantitative estimate of drug-likeness (QED) is 0.303. The number of hydrogen-bond donors (Lipinski definition) is 4. The maximum absolute atomic E-state index is 13.6. The van der Waals surface area contributed by atoms with Gasteiger partial charge in [-0.1, -0.05) is 19.9 Å². The van der Waals surface area contributed by atoms with Crippen LogP contribution in [-0.2, 0) is 15.0 Å². The first-order valence-corrected chi connectivity index (χ1v) is 14.2. The van der Waals surface area contributed by atoms with E-state index in [2.05, 4.69) is 16.0 Å². The van der Waals surface area contributed by atoms with E-state index in [1.807, 2.05) is 36.9 Å². The van der Waals surface area contributed by atoms with E-state index in [1.165, 1.54) is 6.07 Å². The average Bonchev–Trinajstić information content (AvgIpc) is 3.37. The lowest BCUT2D eigenvalue weighted by atomic mass is 9.65. The Labute approximate surface area is 257 Å². The number of alkyl halides is 3. The molecule has 3 unspecified atom stereocenters. The van der Waals surface area contributed by atoms with Gasteiger partial charge in [-0.05, 0) is 55.5 Å². The van der Waals surface area contributed by atoms with Crippen molar-refractivity contribution in [3.05, 3.63) is 53.6 Å². The maximum Gasteiger partial charge on any atom is 0.490 e. The number of fused-ring (bicyclic) bond motifs is 1. The summed E-state index contributed by atoms with van der Waals surface area (Å²) >= 11 is 0. The van der Waals surface area contributed by atoms with Gasteiger partial charge in [-0.25, -0.2) is 18.4 Å². The molecule has 2 aromatic carbocycles. The Kier molecular flexibility index (Phi) is 11.6. The van der Waals surface area contributed by atoms with Crippen molar-refractivity contribution in [3.8, 4) is 11.5 Å². The normalized spacial score (nSPS) is 20.9. The largest absolute Gasteiger partial charge is 0.493 e. The summed E-state index contributed by atoms with van der Waals surface area (Å²) in [6.07, 6.45) is -2.27. The highest BCUT2D eigenvalue weighted by molar-refractivity contribution is 5.89. The molecule has 1 aliphatic carbocycles. The third-order valence-corrected chi connectivity index (χ3v) is 7.96. The number of likely N-dealkylation sites (tertiary alicyclic amines) is 1. The number of carbonyl (C=O) groups is 3. The highest BCUT2D eigenvalue weighted by Crippen LogP contribution is 2.50. The maximum atomic E-state index is 13.6. The average molecular weight is 645 g/mol. The lowest BCUT2D eigenvalue weighted by molar-refractivity contribution is -0.192. The molecule has 4 N–H and O–H groups in total. The number of urea groups is 1. The van der Waals surface area contributed by atoms with Crippen molar-refractivity contribution in [1.82, 2.24) is 15.5 Å². The number of amides is 3. The molecule has 10 nitrogen and oxygen atoms in total. The van der Waals surface area contributed by atoms with Crippen molar-refractivity contribution in [3.63, 3.8) is 0 Å². The van der Waals surface area contributed by atoms with E-state index >= 15 is 0 Å². The molecule has 45 heavy (non-hydrogen) atoms. The van der Waals surface area contributed by atoms with Gasteiger partial charge in [-0.2, -0.15) is 13.2 Å². The van der Waals surface area contributed by atoms with Gasteiger partial charge in [0.15, 0.2) is 23.1 Å². The van der Waals surface area contributed by atoms with E-state index in [-0.39, 0.29) is 41.7 Å². The topological polar surface area (TPSA) is 129 Å². The third kappa shape index (κ3) is 8.74. The Hall–Kier alpha value is -4.14. The molecule has 4 rings (SSSR count). The first-order chi connectivity index (χ1) is 21.1. The minimum atomic E-state index is -5.08. The molecule has 1 saturated carbocycles. The Morgan fingerprint density at radius 3 is 2.27 bits per heavy atom. The number of carbonyl (C=O) groups excluding carboxylic acids is 2. The zero-order chi connectivity index (χ0) is 33.5. The van der Waals surface area contributed by atoms with Gasteiger partial charge in [-0.15, -0.1) is 0 Å². The molecule has 2 fully saturated rings. The minimum absolute atomic E-state index is 0.0259. The van der Waals surface area contributed by atoms with E-state index in [4.69, 9.17) is 19.4 Å². The second-order valence-electron chi connectivity index (χ2n) is 11.1. The van der Waals surface area contributed by atoms with Crippen LogP contribution in [0.4, 0.5) is 32.4 Å². The molecule has 0 aromatic heterocycles. The Morgan fingerprint density at radius 1 is 1.02 bits per heavy atom. The number of nitrogens with zero attached hydrogens (tertiary/aromatic N) is 1. The van der Waals surface area contributed by atoms with Crippen LogP contribution >= 0.6 is 0 Å². The van der Waals surface area contributed by atoms with Gasteiger partial charge in [0.05, 0.1) is 20.8 Å². The summed E-state index contributed by atoms with van der Waals surface area (Å²) in [4.78, 5) is 36.8. The second kappa shape index (κ2) is 14.8. The molecular formula is C30H37F5N4O6. The fourth-order valence-corrected chi connectivity index (χ4v) is 5.78. The fraction of sp³-hybridized carbons (Fsp3) is 0.500. The van der Waals surface area contributed by atoms with Crippen molar-refractivity contribution in [2.45, 2.75) is 69.2 Å². The van der Waals surface area contributed by atoms with Crippen molar-refractivity contribution in [1.29, 1.82) is 0 Å². The zero-order valence-corrected chi connectivity index (χ0v) is 25.3. The van der Waals surface area contributed by atoms with Crippen LogP contribution in [0.15, 0.2) is 36.4 Å². The molecule has 0 radical (unpaired) electrons. The number of ether oxygens (including phenoxy) is 2. The number of nitrogens with one attached hydrogen (secondary N) is 3. The van der Waals surface area contributed by atoms with Gasteiger partial charge in [-0.3, -0.25) is 4.79 Å². The van der Waals surface area contributed by atoms with Crippen LogP contribution in [0.2, 0.25) is 0 Å². The molecule has 0 spiro atoms. The van der Waals surface area contributed by atoms with Crippen LogP contribution in [0.25, 0.3) is 0 Å². The van der Waals surface area contributed by atoms with Gasteiger partial charge in [0, 0.05) is 41.8 Å². The Balaban J connectivity index is 0.000000707. The van der Waals surface area contributed by atoms with E-state index in [0.717, 1.165) is 30.5 Å². The van der Waals surface area contributed by atoms with E-state index in [1.54, 1.807) is 14.2 Å². The number of anilines is 1. The number of carboxylic acid groups (broad SMARTS) is 1. The van der Waals surface area contributed by atoms with Crippen LogP contribution in [0, 0.1) is 11.6 Å². The van der Waals surface area contributed by atoms with E-state index in [9.17, 15) is 31.5 Å². The zero-order valence-electron chi connectivity index (χ0n) is 25.3. The van der Waals surface area contributed by atoms with Crippen molar-refractivity contribution >= 4 is 23.6 Å². The number of methoxy groups -OCH3 is 2. The van der Waals surface area contributed by atoms with Crippen LogP contribution in [-0.4, -0.2) is 79.5 Å². The predicted octanol–water partition coefficient (Wildman–Crippen LogP) is 4.83. The van der Waals surface area contributed by atoms with Crippen LogP contribution in [0.3, 0.4) is 0 Å². The van der Waals surface area contributed by atoms with Crippen molar-refractivity contribution in [2.24, 2.45) is 0 Å². The second-order valence-corrected chi connectivity index (χ2v) is 11.1. The van der Waals surface area contributed by atoms with Gasteiger partial charge in [0.1, 0.15) is 0 Å². The summed E-state index contributed by atoms with van der Waals surface area (Å²) in [5.74, 6) is -3.47. The summed E-state index contributed by atoms with van der Waals surface area (Å²) in [5, 5.41) is 15.9. The molecule has 248 valence electrons. The monoisotopic (exact) mass is 644 g/mol. The number of carboxylic acids is 1. The molecule has 0 bridgehead atoms. The predicted molar refractivity (Wildman–Crippen MR) is 154 cm³/mol. The number of hydrogen-bond acceptors (Lipinski definition) is 6. The van der Waals surface area contributed by atoms with Crippen LogP contribution < -0.4 is 25.4 Å². The SMILES string of the molecule is COc1ccc(C23CCC(NC(=O)Nc4ccc(F)c(F)c4)CC2N(C(=O)CNC(C)C)CC3)cc1OC.O=C(O)C(F)(F)F. The molecule has 1 saturated heterocycles. The minimum Gasteiger partial charge on any atom is -0.493 e. The molecule has 3 amide bonds. The smallest absolute Gasteiger partial charge is 0.490 e. The summed E-state index contributed by atoms with van der Waals surface area (Å²) in [6, 6.07) is 8.48. The summed E-state index contributed by atoms with van der Waals surface area (Å²) in [6.45, 7) is 4.85. The van der Waals surface area contributed by atoms with E-state index < -0.39 is 29.8 Å². The number of rotatable bonds is 8. The standard InChI is InChI=1S/C28H36F2N4O4.C2HF3O2/c1-17(2)31-16-26(35)34-12-11-28(18-5-8-23(37-3)24(13-18)38-4)10-9-20(15-25(28)34)33-27(36)32-19-6-7-21(29)22(30)14-19;3-2(4,5)1(6)7/h5-8,13-14,17,20,25,31H,9-12,15-16H2,1-4H3,(H2,32,33,36);(H,6,7). The molecule has 3 atom stereocenters. The lowest BCUT2D eigenvalue weighted by Gasteiger charge is -2.45. The molecule has 2 aliphatic rings. The molecule has 1 aliphatic heterocycles. The third-order valence-electron chi connectivity index (χ3n) is 7.96. The van der Waals surface area contributed by atoms with Crippen molar-refractivity contribution < 1.29 is 50.9 Å². The summed E-state index contributed by atoms with van der Waals surface area (Å²) in [5.41, 5.74) is 0.952. The van der Waals surface area contributed by atoms with Gasteiger partial charge in [0.25, 0.3) is 0 Å². The van der Waals surface area contributed by atoms with Gasteiger partial charge < -0.3 is 35.4 Å². The number of benzene rings is 2. The van der Waals surface area contributed by atoms with E-state index in [0.29, 0.717) is 30.9 Å². The summed E-state index contributed by atoms with van der Waals surface area (Å²) in [7, 11) is 3.20. The van der Waals surface area contributed by atoms with Gasteiger partial charge in [0.2, 0.25) is 5.91 Å². The van der Waals surface area contributed by atoms with Gasteiger partial charge >= 0.3 is 18.2 Å². The molecular weight excluding hydrogens is 607 g/mol. The molecule has 15 heteroatoms. The fourth-order valence-electron chi connectivity index (χ4n) is 5.78.